The lowest BCUT2D eigenvalue weighted by molar-refractivity contribution is -0.114. The number of nitrogens with one attached hydrogen (secondary N) is 3. The summed E-state index contributed by atoms with van der Waals surface area (Å²) in [5.74, 6) is 0.305. The number of hydrogen-bond acceptors (Lipinski definition) is 4. The van der Waals surface area contributed by atoms with Crippen LogP contribution in [0, 0.1) is 0 Å². The number of rotatable bonds is 8. The van der Waals surface area contributed by atoms with Gasteiger partial charge in [0.15, 0.2) is 0 Å². The standard InChI is InChI=1S/C20H23N3O3/c1-2-26-18-10-6-5-9-17(18)23-19(24)13-21-16-8-4-3-7-15(16)20(25)22-14-11-12-14/h3-10,14,21H,2,11-13H2,1H3,(H,22,25)(H,23,24). The maximum atomic E-state index is 12.3. The lowest BCUT2D eigenvalue weighted by Crippen LogP contribution is -2.27. The number of amides is 2. The second-order valence-corrected chi connectivity index (χ2v) is 6.12. The molecule has 2 aromatic carbocycles. The van der Waals surface area contributed by atoms with E-state index in [-0.39, 0.29) is 24.4 Å². The fourth-order valence-electron chi connectivity index (χ4n) is 2.55. The van der Waals surface area contributed by atoms with E-state index in [4.69, 9.17) is 4.74 Å². The first-order valence-electron chi connectivity index (χ1n) is 8.83. The van der Waals surface area contributed by atoms with Crippen LogP contribution >= 0.6 is 0 Å². The van der Waals surface area contributed by atoms with Crippen LogP contribution in [0.5, 0.6) is 5.75 Å². The quantitative estimate of drug-likeness (QED) is 0.681. The number of carbonyl (C=O) groups is 2. The van der Waals surface area contributed by atoms with Gasteiger partial charge in [-0.1, -0.05) is 24.3 Å². The monoisotopic (exact) mass is 353 g/mol. The van der Waals surface area contributed by atoms with Crippen molar-refractivity contribution in [1.82, 2.24) is 5.32 Å². The molecule has 0 unspecified atom stereocenters. The molecule has 1 aliphatic carbocycles. The molecule has 0 aromatic heterocycles. The van der Waals surface area contributed by atoms with Gasteiger partial charge < -0.3 is 20.7 Å². The second kappa shape index (κ2) is 8.38. The van der Waals surface area contributed by atoms with Crippen LogP contribution in [0.1, 0.15) is 30.1 Å². The molecule has 0 bridgehead atoms. The molecule has 1 fully saturated rings. The van der Waals surface area contributed by atoms with Crippen molar-refractivity contribution < 1.29 is 14.3 Å². The molecular weight excluding hydrogens is 330 g/mol. The van der Waals surface area contributed by atoms with Gasteiger partial charge in [0.2, 0.25) is 5.91 Å². The Bertz CT molecular complexity index is 787. The van der Waals surface area contributed by atoms with Crippen LogP contribution in [-0.4, -0.2) is 31.0 Å². The third-order valence-corrected chi connectivity index (χ3v) is 3.98. The molecule has 0 saturated heterocycles. The fraction of sp³-hybridized carbons (Fsp3) is 0.300. The number of hydrogen-bond donors (Lipinski definition) is 3. The molecule has 0 spiro atoms. The summed E-state index contributed by atoms with van der Waals surface area (Å²) >= 11 is 0. The zero-order chi connectivity index (χ0) is 18.4. The van der Waals surface area contributed by atoms with E-state index < -0.39 is 0 Å². The van der Waals surface area contributed by atoms with Crippen molar-refractivity contribution >= 4 is 23.2 Å². The molecular formula is C20H23N3O3. The van der Waals surface area contributed by atoms with Gasteiger partial charge in [0, 0.05) is 11.7 Å². The highest BCUT2D eigenvalue weighted by Crippen LogP contribution is 2.24. The zero-order valence-corrected chi connectivity index (χ0v) is 14.7. The van der Waals surface area contributed by atoms with Gasteiger partial charge in [-0.2, -0.15) is 0 Å². The zero-order valence-electron chi connectivity index (χ0n) is 14.7. The average Bonchev–Trinajstić information content (AvgIpc) is 3.46. The Hall–Kier alpha value is -3.02. The molecule has 0 radical (unpaired) electrons. The van der Waals surface area contributed by atoms with Crippen LogP contribution in [0.4, 0.5) is 11.4 Å². The number of para-hydroxylation sites is 3. The van der Waals surface area contributed by atoms with E-state index in [2.05, 4.69) is 16.0 Å². The van der Waals surface area contributed by atoms with Gasteiger partial charge in [-0.15, -0.1) is 0 Å². The molecule has 3 N–H and O–H groups in total. The summed E-state index contributed by atoms with van der Waals surface area (Å²) in [6, 6.07) is 14.8. The van der Waals surface area contributed by atoms with E-state index in [0.29, 0.717) is 29.3 Å². The van der Waals surface area contributed by atoms with Gasteiger partial charge in [0.25, 0.3) is 5.91 Å². The fourth-order valence-corrected chi connectivity index (χ4v) is 2.55. The maximum absolute atomic E-state index is 12.3. The molecule has 0 aliphatic heterocycles. The van der Waals surface area contributed by atoms with E-state index in [0.717, 1.165) is 12.8 Å². The van der Waals surface area contributed by atoms with Gasteiger partial charge in [-0.05, 0) is 44.0 Å². The van der Waals surface area contributed by atoms with Crippen LogP contribution < -0.4 is 20.7 Å². The first-order chi connectivity index (χ1) is 12.7. The van der Waals surface area contributed by atoms with Crippen molar-refractivity contribution in [2.45, 2.75) is 25.8 Å². The molecule has 6 nitrogen and oxygen atoms in total. The highest BCUT2D eigenvalue weighted by molar-refractivity contribution is 6.01. The summed E-state index contributed by atoms with van der Waals surface area (Å²) in [5.41, 5.74) is 1.81. The van der Waals surface area contributed by atoms with Gasteiger partial charge in [0.05, 0.1) is 24.4 Å². The molecule has 1 saturated carbocycles. The van der Waals surface area contributed by atoms with Crippen LogP contribution in [0.15, 0.2) is 48.5 Å². The van der Waals surface area contributed by atoms with Crippen molar-refractivity contribution in [1.29, 1.82) is 0 Å². The minimum absolute atomic E-state index is 0.0498. The Labute approximate surface area is 152 Å². The average molecular weight is 353 g/mol. The number of carbonyl (C=O) groups excluding carboxylic acids is 2. The SMILES string of the molecule is CCOc1ccccc1NC(=O)CNc1ccccc1C(=O)NC1CC1. The topological polar surface area (TPSA) is 79.5 Å². The second-order valence-electron chi connectivity index (χ2n) is 6.12. The molecule has 3 rings (SSSR count). The summed E-state index contributed by atoms with van der Waals surface area (Å²) in [6.07, 6.45) is 2.06. The Morgan fingerprint density at radius 1 is 1.04 bits per heavy atom. The van der Waals surface area contributed by atoms with Crippen molar-refractivity contribution in [3.63, 3.8) is 0 Å². The lowest BCUT2D eigenvalue weighted by atomic mass is 10.1. The maximum Gasteiger partial charge on any atom is 0.253 e. The third-order valence-electron chi connectivity index (χ3n) is 3.98. The molecule has 0 atom stereocenters. The molecule has 2 aromatic rings. The summed E-state index contributed by atoms with van der Waals surface area (Å²) in [5, 5.41) is 8.84. The highest BCUT2D eigenvalue weighted by atomic mass is 16.5. The Morgan fingerprint density at radius 2 is 1.73 bits per heavy atom. The van der Waals surface area contributed by atoms with Gasteiger partial charge in [0.1, 0.15) is 5.75 Å². The van der Waals surface area contributed by atoms with E-state index in [1.165, 1.54) is 0 Å². The van der Waals surface area contributed by atoms with Crippen LogP contribution in [0.25, 0.3) is 0 Å². The van der Waals surface area contributed by atoms with E-state index in [1.54, 1.807) is 18.2 Å². The minimum Gasteiger partial charge on any atom is -0.492 e. The van der Waals surface area contributed by atoms with Crippen molar-refractivity contribution in [3.8, 4) is 5.75 Å². The van der Waals surface area contributed by atoms with Crippen LogP contribution in [0.2, 0.25) is 0 Å². The summed E-state index contributed by atoms with van der Waals surface area (Å²) in [6.45, 7) is 2.46. The Kier molecular flexibility index (Phi) is 5.73. The predicted octanol–water partition coefficient (Wildman–Crippen LogP) is 3.03. The van der Waals surface area contributed by atoms with Crippen LogP contribution in [-0.2, 0) is 4.79 Å². The first kappa shape index (κ1) is 17.8. The van der Waals surface area contributed by atoms with E-state index in [9.17, 15) is 9.59 Å². The minimum atomic E-state index is -0.213. The third kappa shape index (κ3) is 4.75. The molecule has 0 heterocycles. The first-order valence-corrected chi connectivity index (χ1v) is 8.83. The van der Waals surface area contributed by atoms with Crippen molar-refractivity contribution in [3.05, 3.63) is 54.1 Å². The summed E-state index contributed by atoms with van der Waals surface area (Å²) in [4.78, 5) is 24.6. The normalized spacial score (nSPS) is 13.0. The van der Waals surface area contributed by atoms with Crippen molar-refractivity contribution in [2.75, 3.05) is 23.8 Å². The largest absolute Gasteiger partial charge is 0.492 e. The molecule has 1 aliphatic rings. The predicted molar refractivity (Wildman–Crippen MR) is 102 cm³/mol. The molecule has 26 heavy (non-hydrogen) atoms. The summed E-state index contributed by atoms with van der Waals surface area (Å²) < 4.78 is 5.51. The molecule has 2 amide bonds. The van der Waals surface area contributed by atoms with Crippen molar-refractivity contribution in [2.24, 2.45) is 0 Å². The van der Waals surface area contributed by atoms with E-state index >= 15 is 0 Å². The smallest absolute Gasteiger partial charge is 0.253 e. The Balaban J connectivity index is 1.60. The Morgan fingerprint density at radius 3 is 2.46 bits per heavy atom. The number of benzene rings is 2. The van der Waals surface area contributed by atoms with Gasteiger partial charge in [-0.3, -0.25) is 9.59 Å². The number of ether oxygens (including phenoxy) is 1. The lowest BCUT2D eigenvalue weighted by Gasteiger charge is -2.14. The molecule has 6 heteroatoms. The molecule has 136 valence electrons. The summed E-state index contributed by atoms with van der Waals surface area (Å²) in [7, 11) is 0. The van der Waals surface area contributed by atoms with Gasteiger partial charge >= 0.3 is 0 Å². The highest BCUT2D eigenvalue weighted by Gasteiger charge is 2.24. The number of anilines is 2. The van der Waals surface area contributed by atoms with E-state index in [1.807, 2.05) is 37.3 Å². The van der Waals surface area contributed by atoms with Crippen LogP contribution in [0.3, 0.4) is 0 Å². The van der Waals surface area contributed by atoms with Gasteiger partial charge in [-0.25, -0.2) is 0 Å².